The molecule has 1 aromatic carbocycles. The Labute approximate surface area is 140 Å². The predicted octanol–water partition coefficient (Wildman–Crippen LogP) is 3.04. The van der Waals surface area contributed by atoms with Crippen molar-refractivity contribution < 1.29 is 4.42 Å². The lowest BCUT2D eigenvalue weighted by atomic mass is 10.3. The number of nitrogens with zero attached hydrogens (tertiary/aromatic N) is 4. The van der Waals surface area contributed by atoms with E-state index in [0.29, 0.717) is 11.9 Å². The van der Waals surface area contributed by atoms with Crippen molar-refractivity contribution in [3.8, 4) is 10.8 Å². The van der Waals surface area contributed by atoms with Crippen LogP contribution in [0, 0.1) is 0 Å². The number of furan rings is 1. The van der Waals surface area contributed by atoms with Crippen LogP contribution in [0.25, 0.3) is 21.8 Å². The van der Waals surface area contributed by atoms with Gasteiger partial charge in [-0.15, -0.1) is 11.3 Å². The number of nitrogens with one attached hydrogen (secondary N) is 1. The number of nitrogens with two attached hydrogens (primary N) is 1. The first-order chi connectivity index (χ1) is 11.8. The number of hydrogen-bond acceptors (Lipinski definition) is 7. The fourth-order valence-electron chi connectivity index (χ4n) is 2.83. The Bertz CT molecular complexity index is 1060. The largest absolute Gasteiger partial charge is 0.462 e. The molecule has 0 fully saturated rings. The van der Waals surface area contributed by atoms with E-state index in [9.17, 15) is 0 Å². The molecule has 0 aliphatic carbocycles. The number of thiazole rings is 1. The molecule has 0 bridgehead atoms. The van der Waals surface area contributed by atoms with E-state index in [2.05, 4.69) is 20.3 Å². The van der Waals surface area contributed by atoms with Crippen molar-refractivity contribution in [2.75, 3.05) is 5.32 Å². The molecule has 3 N–H and O–H groups in total. The molecule has 4 heterocycles. The summed E-state index contributed by atoms with van der Waals surface area (Å²) in [6, 6.07) is 11.7. The van der Waals surface area contributed by atoms with Crippen LogP contribution in [-0.2, 0) is 0 Å². The molecule has 8 heteroatoms. The summed E-state index contributed by atoms with van der Waals surface area (Å²) in [5, 5.41) is 3.84. The molecule has 7 nitrogen and oxygen atoms in total. The Morgan fingerprint density at radius 3 is 3.00 bits per heavy atom. The van der Waals surface area contributed by atoms with E-state index >= 15 is 0 Å². The number of rotatable bonds is 2. The molecule has 0 amide bonds. The average Bonchev–Trinajstić information content (AvgIpc) is 3.32. The zero-order valence-electron chi connectivity index (χ0n) is 12.4. The van der Waals surface area contributed by atoms with E-state index in [0.717, 1.165) is 26.7 Å². The van der Waals surface area contributed by atoms with Crippen molar-refractivity contribution >= 4 is 34.3 Å². The van der Waals surface area contributed by atoms with Crippen LogP contribution >= 0.6 is 11.3 Å². The third-order valence-electron chi connectivity index (χ3n) is 3.85. The van der Waals surface area contributed by atoms with E-state index in [-0.39, 0.29) is 6.17 Å². The normalized spacial score (nSPS) is 16.7. The highest BCUT2D eigenvalue weighted by Gasteiger charge is 2.27. The van der Waals surface area contributed by atoms with Gasteiger partial charge in [0.1, 0.15) is 0 Å². The minimum absolute atomic E-state index is 0.296. The van der Waals surface area contributed by atoms with Gasteiger partial charge in [0, 0.05) is 6.20 Å². The van der Waals surface area contributed by atoms with Crippen molar-refractivity contribution in [2.24, 2.45) is 10.7 Å². The Morgan fingerprint density at radius 1 is 1.21 bits per heavy atom. The highest BCUT2D eigenvalue weighted by atomic mass is 32.1. The molecule has 24 heavy (non-hydrogen) atoms. The van der Waals surface area contributed by atoms with Gasteiger partial charge in [0.05, 0.1) is 22.2 Å². The highest BCUT2D eigenvalue weighted by molar-refractivity contribution is 7.15. The van der Waals surface area contributed by atoms with Crippen LogP contribution in [0.15, 0.2) is 58.3 Å². The molecular weight excluding hydrogens is 324 g/mol. The van der Waals surface area contributed by atoms with E-state index in [1.807, 2.05) is 47.2 Å². The second-order valence-corrected chi connectivity index (χ2v) is 6.41. The van der Waals surface area contributed by atoms with Crippen molar-refractivity contribution in [3.05, 3.63) is 53.7 Å². The Hall–Kier alpha value is -3.13. The topological polar surface area (TPSA) is 94.3 Å². The summed E-state index contributed by atoms with van der Waals surface area (Å²) in [6.45, 7) is 0. The van der Waals surface area contributed by atoms with Gasteiger partial charge in [-0.1, -0.05) is 12.1 Å². The number of fused-ring (bicyclic) bond motifs is 3. The monoisotopic (exact) mass is 336 g/mol. The molecule has 4 aromatic rings. The maximum absolute atomic E-state index is 5.95. The lowest BCUT2D eigenvalue weighted by molar-refractivity contribution is 0.582. The van der Waals surface area contributed by atoms with Crippen LogP contribution in [-0.4, -0.2) is 20.5 Å². The van der Waals surface area contributed by atoms with Gasteiger partial charge in [-0.3, -0.25) is 9.88 Å². The van der Waals surface area contributed by atoms with Gasteiger partial charge in [0.2, 0.25) is 5.95 Å². The second kappa shape index (κ2) is 4.93. The van der Waals surface area contributed by atoms with Gasteiger partial charge in [-0.25, -0.2) is 15.0 Å². The first-order valence-corrected chi connectivity index (χ1v) is 8.18. The standard InChI is InChI=1S/C16H12N6OS/c17-15-20-13(12-8-18-14(24-12)11-6-3-7-23-11)22-10-5-2-1-4-9(10)19-16(22)21-15/h1-8,13H,(H3,17,19,20,21)/t13-/m0/s1. The number of guanidine groups is 1. The Balaban J connectivity index is 1.67. The fraction of sp³-hybridized carbons (Fsp3) is 0.0625. The molecule has 1 aliphatic heterocycles. The minimum Gasteiger partial charge on any atom is -0.462 e. The lowest BCUT2D eigenvalue weighted by Crippen LogP contribution is -2.31. The second-order valence-electron chi connectivity index (χ2n) is 5.35. The molecule has 0 unspecified atom stereocenters. The van der Waals surface area contributed by atoms with Gasteiger partial charge in [0.25, 0.3) is 0 Å². The zero-order valence-corrected chi connectivity index (χ0v) is 13.2. The first-order valence-electron chi connectivity index (χ1n) is 7.36. The number of imidazole rings is 1. The van der Waals surface area contributed by atoms with Crippen LogP contribution in [0.5, 0.6) is 0 Å². The van der Waals surface area contributed by atoms with Gasteiger partial charge >= 0.3 is 0 Å². The summed E-state index contributed by atoms with van der Waals surface area (Å²) in [4.78, 5) is 14.6. The van der Waals surface area contributed by atoms with E-state index in [1.165, 1.54) is 11.3 Å². The lowest BCUT2D eigenvalue weighted by Gasteiger charge is -2.22. The Morgan fingerprint density at radius 2 is 2.12 bits per heavy atom. The molecule has 0 saturated carbocycles. The maximum atomic E-state index is 5.95. The molecule has 0 spiro atoms. The maximum Gasteiger partial charge on any atom is 0.212 e. The van der Waals surface area contributed by atoms with Crippen LogP contribution in [0.4, 0.5) is 5.95 Å². The third kappa shape index (κ3) is 1.93. The number of aliphatic imine (C=N–C) groups is 1. The van der Waals surface area contributed by atoms with Crippen molar-refractivity contribution in [1.82, 2.24) is 14.5 Å². The van der Waals surface area contributed by atoms with E-state index < -0.39 is 0 Å². The van der Waals surface area contributed by atoms with Crippen LogP contribution in [0.3, 0.4) is 0 Å². The third-order valence-corrected chi connectivity index (χ3v) is 4.90. The molecule has 1 atom stereocenters. The SMILES string of the molecule is NC1=N[C@H](c2cnc(-c3ccco3)s2)n2c(nc3ccccc32)N1. The smallest absolute Gasteiger partial charge is 0.212 e. The fourth-order valence-corrected chi connectivity index (χ4v) is 3.74. The number of para-hydroxylation sites is 2. The van der Waals surface area contributed by atoms with E-state index in [1.54, 1.807) is 6.26 Å². The van der Waals surface area contributed by atoms with Gasteiger partial charge in [-0.05, 0) is 24.3 Å². The first kappa shape index (κ1) is 13.3. The summed E-state index contributed by atoms with van der Waals surface area (Å²) in [5.41, 5.74) is 7.84. The Kier molecular flexibility index (Phi) is 2.74. The quantitative estimate of drug-likeness (QED) is 0.587. The number of hydrogen-bond donors (Lipinski definition) is 2. The summed E-state index contributed by atoms with van der Waals surface area (Å²) in [5.74, 6) is 1.77. The molecule has 0 saturated heterocycles. The summed E-state index contributed by atoms with van der Waals surface area (Å²) < 4.78 is 7.45. The van der Waals surface area contributed by atoms with Crippen LogP contribution < -0.4 is 11.1 Å². The van der Waals surface area contributed by atoms with Gasteiger partial charge in [0.15, 0.2) is 22.9 Å². The zero-order chi connectivity index (χ0) is 16.1. The summed E-state index contributed by atoms with van der Waals surface area (Å²) >= 11 is 1.53. The predicted molar refractivity (Wildman–Crippen MR) is 92.9 cm³/mol. The number of benzene rings is 1. The minimum atomic E-state index is -0.296. The molecule has 1 aliphatic rings. The molecule has 5 rings (SSSR count). The van der Waals surface area contributed by atoms with Crippen LogP contribution in [0.2, 0.25) is 0 Å². The van der Waals surface area contributed by atoms with Gasteiger partial charge < -0.3 is 10.2 Å². The van der Waals surface area contributed by atoms with E-state index in [4.69, 9.17) is 10.2 Å². The van der Waals surface area contributed by atoms with Crippen LogP contribution in [0.1, 0.15) is 11.0 Å². The number of aromatic nitrogens is 3. The summed E-state index contributed by atoms with van der Waals surface area (Å²) in [7, 11) is 0. The van der Waals surface area contributed by atoms with Crippen molar-refractivity contribution in [1.29, 1.82) is 0 Å². The molecule has 0 radical (unpaired) electrons. The molecular formula is C16H12N6OS. The van der Waals surface area contributed by atoms with Crippen molar-refractivity contribution in [3.63, 3.8) is 0 Å². The van der Waals surface area contributed by atoms with Gasteiger partial charge in [-0.2, -0.15) is 0 Å². The van der Waals surface area contributed by atoms with Crippen molar-refractivity contribution in [2.45, 2.75) is 6.17 Å². The average molecular weight is 336 g/mol. The summed E-state index contributed by atoms with van der Waals surface area (Å²) in [6.07, 6.45) is 3.15. The highest BCUT2D eigenvalue weighted by Crippen LogP contribution is 2.36. The molecule has 3 aromatic heterocycles. The number of anilines is 1. The molecule has 118 valence electrons.